The molecule has 0 bridgehead atoms. The van der Waals surface area contributed by atoms with Crippen molar-refractivity contribution in [1.29, 1.82) is 0 Å². The number of rotatable bonds is 15. The number of carbonyl (C=O) groups excluding carboxylic acids is 1. The Hall–Kier alpha value is -2.47. The van der Waals surface area contributed by atoms with E-state index in [9.17, 15) is 9.59 Å². The highest BCUT2D eigenvalue weighted by Crippen LogP contribution is 2.24. The van der Waals surface area contributed by atoms with Crippen molar-refractivity contribution in [3.05, 3.63) is 41.0 Å². The van der Waals surface area contributed by atoms with Gasteiger partial charge in [-0.05, 0) is 26.8 Å². The van der Waals surface area contributed by atoms with Crippen molar-refractivity contribution in [3.8, 4) is 5.75 Å². The van der Waals surface area contributed by atoms with Crippen molar-refractivity contribution >= 4 is 28.4 Å². The van der Waals surface area contributed by atoms with Gasteiger partial charge in [-0.3, -0.25) is 14.8 Å². The van der Waals surface area contributed by atoms with Crippen LogP contribution in [0.3, 0.4) is 0 Å². The van der Waals surface area contributed by atoms with E-state index in [1.165, 1.54) is 17.8 Å². The van der Waals surface area contributed by atoms with Crippen LogP contribution in [0.4, 0.5) is 0 Å². The maximum absolute atomic E-state index is 13.0. The molecule has 1 aromatic rings. The van der Waals surface area contributed by atoms with Gasteiger partial charge in [0.2, 0.25) is 5.91 Å². The first-order chi connectivity index (χ1) is 18.4. The van der Waals surface area contributed by atoms with E-state index in [1.807, 2.05) is 13.8 Å². The van der Waals surface area contributed by atoms with Crippen LogP contribution in [0.2, 0.25) is 0 Å². The first-order valence-electron chi connectivity index (χ1n) is 13.3. The van der Waals surface area contributed by atoms with E-state index in [0.717, 1.165) is 56.3 Å². The first-order valence-corrected chi connectivity index (χ1v) is 14.3. The summed E-state index contributed by atoms with van der Waals surface area (Å²) in [4.78, 5) is 39.0. The standard InChI is InChI=1S/C27H41N5O5S/c1-5-8-22(24-16-21(36-14-6-2)17-25(33)37-24)29-26(34)23-18-38-27(30-23)20(3)28-19-35-15-7-9-32-12-10-31(4)11-13-32/h6,16-17,22-23H,2,5,7-15,18-19H2,1,3-4H3,(H,29,34)/t22-,23?/m1/s1. The van der Waals surface area contributed by atoms with Gasteiger partial charge < -0.3 is 29.0 Å². The molecule has 1 unspecified atom stereocenters. The maximum atomic E-state index is 13.0. The quantitative estimate of drug-likeness (QED) is 0.203. The highest BCUT2D eigenvalue weighted by molar-refractivity contribution is 8.16. The molecule has 1 saturated heterocycles. The van der Waals surface area contributed by atoms with E-state index >= 15 is 0 Å². The molecular formula is C27H41N5O5S. The first kappa shape index (κ1) is 30.1. The van der Waals surface area contributed by atoms with Crippen molar-refractivity contribution in [1.82, 2.24) is 15.1 Å². The van der Waals surface area contributed by atoms with Gasteiger partial charge in [-0.1, -0.05) is 26.0 Å². The number of thioether (sulfide) groups is 1. The zero-order valence-electron chi connectivity index (χ0n) is 22.8. The predicted octanol–water partition coefficient (Wildman–Crippen LogP) is 2.75. The summed E-state index contributed by atoms with van der Waals surface area (Å²) in [5.41, 5.74) is 0.245. The van der Waals surface area contributed by atoms with Crippen molar-refractivity contribution in [2.45, 2.75) is 45.2 Å². The fourth-order valence-electron chi connectivity index (χ4n) is 4.17. The summed E-state index contributed by atoms with van der Waals surface area (Å²) in [6.07, 6.45) is 3.99. The molecule has 0 saturated carbocycles. The molecule has 1 N–H and O–H groups in total. The van der Waals surface area contributed by atoms with Gasteiger partial charge in [0.15, 0.2) is 0 Å². The number of nitrogens with zero attached hydrogens (tertiary/aromatic N) is 4. The second kappa shape index (κ2) is 15.8. The normalized spacial score (nSPS) is 19.7. The summed E-state index contributed by atoms with van der Waals surface area (Å²) < 4.78 is 16.6. The molecule has 0 aliphatic carbocycles. The van der Waals surface area contributed by atoms with Gasteiger partial charge in [0, 0.05) is 44.5 Å². The van der Waals surface area contributed by atoms with Crippen molar-refractivity contribution in [2.24, 2.45) is 9.98 Å². The van der Waals surface area contributed by atoms with Crippen molar-refractivity contribution in [3.63, 3.8) is 0 Å². The molecule has 1 amide bonds. The number of carbonyl (C=O) groups is 1. The molecule has 38 heavy (non-hydrogen) atoms. The van der Waals surface area contributed by atoms with Crippen molar-refractivity contribution in [2.75, 3.05) is 65.5 Å². The highest BCUT2D eigenvalue weighted by atomic mass is 32.2. The lowest BCUT2D eigenvalue weighted by atomic mass is 10.1. The zero-order valence-corrected chi connectivity index (χ0v) is 23.6. The van der Waals surface area contributed by atoms with E-state index in [2.05, 4.69) is 38.7 Å². The molecule has 10 nitrogen and oxygen atoms in total. The molecule has 0 aromatic carbocycles. The molecule has 2 aliphatic rings. The van der Waals surface area contributed by atoms with Crippen LogP contribution < -0.4 is 15.7 Å². The summed E-state index contributed by atoms with van der Waals surface area (Å²) >= 11 is 1.51. The van der Waals surface area contributed by atoms with Gasteiger partial charge in [-0.15, -0.1) is 11.8 Å². The lowest BCUT2D eigenvalue weighted by Gasteiger charge is -2.32. The van der Waals surface area contributed by atoms with Gasteiger partial charge in [0.25, 0.3) is 0 Å². The number of hydrogen-bond acceptors (Lipinski definition) is 10. The van der Waals surface area contributed by atoms with Crippen LogP contribution in [0.1, 0.15) is 44.9 Å². The third kappa shape index (κ3) is 9.68. The van der Waals surface area contributed by atoms with Crippen molar-refractivity contribution < 1.29 is 18.7 Å². The number of nitrogens with one attached hydrogen (secondary N) is 1. The minimum Gasteiger partial charge on any atom is -0.489 e. The summed E-state index contributed by atoms with van der Waals surface area (Å²) in [6, 6.07) is 1.94. The average Bonchev–Trinajstić information content (AvgIpc) is 3.40. The van der Waals surface area contributed by atoms with Crippen LogP contribution in [-0.4, -0.2) is 98.0 Å². The number of aliphatic imine (C=N–C) groups is 2. The number of piperazine rings is 1. The molecule has 2 aliphatic heterocycles. The van der Waals surface area contributed by atoms with Crippen LogP contribution in [-0.2, 0) is 9.53 Å². The SMILES string of the molecule is C=CCOc1cc([C@@H](CCC)NC(=O)C2CSC(C(C)=NCOCCCN3CCN(C)CC3)=N2)oc(=O)c1. The van der Waals surface area contributed by atoms with Gasteiger partial charge in [-0.2, -0.15) is 0 Å². The molecule has 3 heterocycles. The second-order valence-electron chi connectivity index (χ2n) is 9.50. The predicted molar refractivity (Wildman–Crippen MR) is 153 cm³/mol. The molecule has 1 aromatic heterocycles. The van der Waals surface area contributed by atoms with Gasteiger partial charge >= 0.3 is 5.63 Å². The molecule has 11 heteroatoms. The number of likely N-dealkylation sites (N-methyl/N-ethyl adjacent to an activating group) is 1. The minimum absolute atomic E-state index is 0.209. The Morgan fingerprint density at radius 2 is 2.16 bits per heavy atom. The molecule has 1 fully saturated rings. The van der Waals surface area contributed by atoms with Gasteiger partial charge in [0.05, 0.1) is 24.4 Å². The fourth-order valence-corrected chi connectivity index (χ4v) is 5.18. The molecular weight excluding hydrogens is 506 g/mol. The topological polar surface area (TPSA) is 109 Å². The molecule has 0 spiro atoms. The maximum Gasteiger partial charge on any atom is 0.339 e. The van der Waals surface area contributed by atoms with Crippen LogP contribution in [0.15, 0.2) is 44.0 Å². The lowest BCUT2D eigenvalue weighted by Crippen LogP contribution is -2.44. The Balaban J connectivity index is 1.47. The van der Waals surface area contributed by atoms with Crippen LogP contribution >= 0.6 is 11.8 Å². The highest BCUT2D eigenvalue weighted by Gasteiger charge is 2.29. The third-order valence-corrected chi connectivity index (χ3v) is 7.54. The second-order valence-corrected chi connectivity index (χ2v) is 10.5. The summed E-state index contributed by atoms with van der Waals surface area (Å²) in [5, 5.41) is 3.76. The summed E-state index contributed by atoms with van der Waals surface area (Å²) in [5.74, 6) is 1.07. The fraction of sp³-hybridized carbons (Fsp3) is 0.630. The Labute approximate surface area is 229 Å². The monoisotopic (exact) mass is 547 g/mol. The van der Waals surface area contributed by atoms with E-state index < -0.39 is 17.7 Å². The lowest BCUT2D eigenvalue weighted by molar-refractivity contribution is -0.122. The van der Waals surface area contributed by atoms with E-state index in [4.69, 9.17) is 13.9 Å². The Bertz CT molecular complexity index is 1030. The molecule has 3 rings (SSSR count). The Kier molecular flexibility index (Phi) is 12.5. The minimum atomic E-state index is -0.532. The number of amides is 1. The largest absolute Gasteiger partial charge is 0.489 e. The van der Waals surface area contributed by atoms with Crippen LogP contribution in [0.5, 0.6) is 5.75 Å². The summed E-state index contributed by atoms with van der Waals surface area (Å²) in [6.45, 7) is 14.3. The molecule has 0 radical (unpaired) electrons. The zero-order chi connectivity index (χ0) is 27.3. The number of ether oxygens (including phenoxy) is 2. The van der Waals surface area contributed by atoms with E-state index in [0.29, 0.717) is 30.3 Å². The van der Waals surface area contributed by atoms with E-state index in [1.54, 1.807) is 12.1 Å². The van der Waals surface area contributed by atoms with Gasteiger partial charge in [-0.25, -0.2) is 4.79 Å². The Morgan fingerprint density at radius 1 is 1.37 bits per heavy atom. The average molecular weight is 548 g/mol. The van der Waals surface area contributed by atoms with Gasteiger partial charge in [0.1, 0.15) is 35.9 Å². The molecule has 2 atom stereocenters. The van der Waals surface area contributed by atoms with E-state index in [-0.39, 0.29) is 19.2 Å². The Morgan fingerprint density at radius 3 is 2.89 bits per heavy atom. The third-order valence-electron chi connectivity index (χ3n) is 6.38. The van der Waals surface area contributed by atoms with Crippen LogP contribution in [0.25, 0.3) is 0 Å². The van der Waals surface area contributed by atoms with Crippen LogP contribution in [0, 0.1) is 0 Å². The number of hydrogen-bond donors (Lipinski definition) is 1. The molecule has 210 valence electrons. The smallest absolute Gasteiger partial charge is 0.339 e. The summed E-state index contributed by atoms with van der Waals surface area (Å²) in [7, 11) is 2.16.